The van der Waals surface area contributed by atoms with Crippen LogP contribution >= 0.6 is 15.9 Å². The third kappa shape index (κ3) is 4.76. The molecule has 29 heavy (non-hydrogen) atoms. The van der Waals surface area contributed by atoms with Gasteiger partial charge in [0.1, 0.15) is 11.9 Å². The van der Waals surface area contributed by atoms with E-state index in [2.05, 4.69) is 20.9 Å². The number of carbonyl (C=O) groups is 2. The van der Waals surface area contributed by atoms with Gasteiger partial charge in [-0.1, -0.05) is 22.0 Å². The van der Waals surface area contributed by atoms with Gasteiger partial charge < -0.3 is 19.3 Å². The molecule has 4 rings (SSSR count). The number of hydrogen-bond donors (Lipinski definition) is 0. The van der Waals surface area contributed by atoms with E-state index >= 15 is 0 Å². The van der Waals surface area contributed by atoms with Crippen molar-refractivity contribution in [3.05, 3.63) is 52.6 Å². The summed E-state index contributed by atoms with van der Waals surface area (Å²) in [5.74, 6) is 1.05. The summed E-state index contributed by atoms with van der Waals surface area (Å²) in [6, 6.07) is 10.9. The minimum absolute atomic E-state index is 0.0466. The van der Waals surface area contributed by atoms with Crippen LogP contribution in [-0.2, 0) is 9.53 Å². The van der Waals surface area contributed by atoms with E-state index in [4.69, 9.17) is 9.47 Å². The number of aromatic nitrogens is 1. The summed E-state index contributed by atoms with van der Waals surface area (Å²) < 4.78 is 12.1. The second-order valence-corrected chi connectivity index (χ2v) is 7.98. The average Bonchev–Trinajstić information content (AvgIpc) is 3.28. The van der Waals surface area contributed by atoms with Crippen molar-refractivity contribution in [3.8, 4) is 11.6 Å². The Bertz CT molecular complexity index is 876. The fourth-order valence-electron chi connectivity index (χ4n) is 3.51. The molecule has 1 aromatic heterocycles. The first-order chi connectivity index (χ1) is 14.1. The molecule has 2 amide bonds. The zero-order chi connectivity index (χ0) is 20.2. The first-order valence-corrected chi connectivity index (χ1v) is 10.5. The van der Waals surface area contributed by atoms with Crippen molar-refractivity contribution in [3.63, 3.8) is 0 Å². The summed E-state index contributed by atoms with van der Waals surface area (Å²) in [6.07, 6.45) is 2.94. The Morgan fingerprint density at radius 1 is 1.10 bits per heavy atom. The average molecular weight is 460 g/mol. The van der Waals surface area contributed by atoms with Crippen molar-refractivity contribution < 1.29 is 19.1 Å². The maximum absolute atomic E-state index is 12.8. The number of benzene rings is 1. The predicted octanol–water partition coefficient (Wildman–Crippen LogP) is 3.10. The summed E-state index contributed by atoms with van der Waals surface area (Å²) in [5, 5.41) is 0. The molecule has 2 aliphatic rings. The zero-order valence-corrected chi connectivity index (χ0v) is 17.5. The first-order valence-electron chi connectivity index (χ1n) is 9.69. The monoisotopic (exact) mass is 459 g/mol. The highest BCUT2D eigenvalue weighted by Gasteiger charge is 2.31. The molecule has 1 atom stereocenters. The Kier molecular flexibility index (Phi) is 6.10. The van der Waals surface area contributed by atoms with E-state index in [1.54, 1.807) is 21.9 Å². The van der Waals surface area contributed by atoms with Crippen LogP contribution in [0.25, 0.3) is 0 Å². The van der Waals surface area contributed by atoms with Gasteiger partial charge in [-0.2, -0.15) is 0 Å². The molecule has 0 bridgehead atoms. The molecule has 0 aliphatic carbocycles. The highest BCUT2D eigenvalue weighted by atomic mass is 79.9. The second kappa shape index (κ2) is 8.92. The lowest BCUT2D eigenvalue weighted by Crippen LogP contribution is -2.52. The smallest absolute Gasteiger partial charge is 0.255 e. The second-order valence-electron chi connectivity index (χ2n) is 7.06. The number of nitrogens with zero attached hydrogens (tertiary/aromatic N) is 3. The number of piperazine rings is 1. The molecule has 152 valence electrons. The van der Waals surface area contributed by atoms with Gasteiger partial charge in [-0.3, -0.25) is 9.59 Å². The largest absolute Gasteiger partial charge is 0.439 e. The van der Waals surface area contributed by atoms with Crippen molar-refractivity contribution in [1.82, 2.24) is 14.8 Å². The van der Waals surface area contributed by atoms with Crippen molar-refractivity contribution in [2.75, 3.05) is 32.8 Å². The molecule has 7 nitrogen and oxygen atoms in total. The molecule has 2 saturated heterocycles. The molecule has 2 fully saturated rings. The SMILES string of the molecule is O=C(c1ccc(Oc2cccc(Br)c2)nc1)N1CCN(C(=O)C2CCCO2)CC1. The summed E-state index contributed by atoms with van der Waals surface area (Å²) in [5.41, 5.74) is 0.505. The molecule has 0 radical (unpaired) electrons. The Balaban J connectivity index is 1.32. The number of rotatable bonds is 4. The predicted molar refractivity (Wildman–Crippen MR) is 110 cm³/mol. The van der Waals surface area contributed by atoms with E-state index in [-0.39, 0.29) is 17.9 Å². The summed E-state index contributed by atoms with van der Waals surface area (Å²) in [7, 11) is 0. The number of hydrogen-bond acceptors (Lipinski definition) is 5. The van der Waals surface area contributed by atoms with Crippen LogP contribution in [0.3, 0.4) is 0 Å². The van der Waals surface area contributed by atoms with Gasteiger partial charge in [0.05, 0.1) is 5.56 Å². The molecular weight excluding hydrogens is 438 g/mol. The Labute approximate surface area is 177 Å². The number of carbonyl (C=O) groups excluding carboxylic acids is 2. The van der Waals surface area contributed by atoms with E-state index in [1.807, 2.05) is 24.3 Å². The van der Waals surface area contributed by atoms with E-state index in [9.17, 15) is 9.59 Å². The lowest BCUT2D eigenvalue weighted by molar-refractivity contribution is -0.142. The van der Waals surface area contributed by atoms with Crippen LogP contribution < -0.4 is 4.74 Å². The van der Waals surface area contributed by atoms with Gasteiger partial charge in [-0.15, -0.1) is 0 Å². The molecule has 1 unspecified atom stereocenters. The first kappa shape index (κ1) is 19.8. The summed E-state index contributed by atoms with van der Waals surface area (Å²) in [6.45, 7) is 2.73. The van der Waals surface area contributed by atoms with Crippen molar-refractivity contribution >= 4 is 27.7 Å². The summed E-state index contributed by atoms with van der Waals surface area (Å²) in [4.78, 5) is 33.0. The molecule has 0 spiro atoms. The minimum Gasteiger partial charge on any atom is -0.439 e. The molecule has 2 aliphatic heterocycles. The number of pyridine rings is 1. The van der Waals surface area contributed by atoms with Crippen LogP contribution in [0.1, 0.15) is 23.2 Å². The fraction of sp³-hybridized carbons (Fsp3) is 0.381. The normalized spacial score (nSPS) is 19.3. The van der Waals surface area contributed by atoms with E-state index in [0.717, 1.165) is 17.3 Å². The molecular formula is C21H22BrN3O4. The Morgan fingerprint density at radius 3 is 2.55 bits per heavy atom. The maximum Gasteiger partial charge on any atom is 0.255 e. The van der Waals surface area contributed by atoms with Gasteiger partial charge in [0.15, 0.2) is 0 Å². The number of ether oxygens (including phenoxy) is 2. The highest BCUT2D eigenvalue weighted by Crippen LogP contribution is 2.23. The van der Waals surface area contributed by atoms with Gasteiger partial charge in [0, 0.05) is 49.5 Å². The van der Waals surface area contributed by atoms with E-state index < -0.39 is 0 Å². The van der Waals surface area contributed by atoms with Crippen LogP contribution in [0.4, 0.5) is 0 Å². The van der Waals surface area contributed by atoms with E-state index in [0.29, 0.717) is 50.0 Å². The van der Waals surface area contributed by atoms with Gasteiger partial charge in [-0.05, 0) is 37.1 Å². The van der Waals surface area contributed by atoms with Crippen LogP contribution in [0.2, 0.25) is 0 Å². The van der Waals surface area contributed by atoms with E-state index in [1.165, 1.54) is 6.20 Å². The third-order valence-corrected chi connectivity index (χ3v) is 5.58. The maximum atomic E-state index is 12.8. The van der Waals surface area contributed by atoms with Gasteiger partial charge in [0.2, 0.25) is 5.88 Å². The molecule has 8 heteroatoms. The van der Waals surface area contributed by atoms with Gasteiger partial charge >= 0.3 is 0 Å². The van der Waals surface area contributed by atoms with Gasteiger partial charge in [0.25, 0.3) is 11.8 Å². The van der Waals surface area contributed by atoms with Crippen LogP contribution in [0.15, 0.2) is 47.1 Å². The Morgan fingerprint density at radius 2 is 1.90 bits per heavy atom. The number of halogens is 1. The third-order valence-electron chi connectivity index (χ3n) is 5.09. The Hall–Kier alpha value is -2.45. The fourth-order valence-corrected chi connectivity index (χ4v) is 3.89. The van der Waals surface area contributed by atoms with Crippen molar-refractivity contribution in [2.24, 2.45) is 0 Å². The highest BCUT2D eigenvalue weighted by molar-refractivity contribution is 9.10. The topological polar surface area (TPSA) is 72.0 Å². The number of amides is 2. The zero-order valence-electron chi connectivity index (χ0n) is 15.9. The van der Waals surface area contributed by atoms with Gasteiger partial charge in [-0.25, -0.2) is 4.98 Å². The molecule has 0 saturated carbocycles. The quantitative estimate of drug-likeness (QED) is 0.702. The lowest BCUT2D eigenvalue weighted by Gasteiger charge is -2.35. The molecule has 0 N–H and O–H groups in total. The standard InChI is InChI=1S/C21H22BrN3O4/c22-16-3-1-4-17(13-16)29-19-7-6-15(14-23-19)20(26)24-8-10-25(11-9-24)21(27)18-5-2-12-28-18/h1,3-4,6-7,13-14,18H,2,5,8-12H2. The van der Waals surface area contributed by atoms with Crippen molar-refractivity contribution in [2.45, 2.75) is 18.9 Å². The molecule has 2 aromatic rings. The summed E-state index contributed by atoms with van der Waals surface area (Å²) >= 11 is 3.40. The molecule has 3 heterocycles. The lowest BCUT2D eigenvalue weighted by atomic mass is 10.2. The van der Waals surface area contributed by atoms with Crippen LogP contribution in [-0.4, -0.2) is 65.5 Å². The van der Waals surface area contributed by atoms with Crippen LogP contribution in [0.5, 0.6) is 11.6 Å². The van der Waals surface area contributed by atoms with Crippen molar-refractivity contribution in [1.29, 1.82) is 0 Å². The molecule has 1 aromatic carbocycles. The van der Waals surface area contributed by atoms with Crippen LogP contribution in [0, 0.1) is 0 Å². The minimum atomic E-state index is -0.306.